The summed E-state index contributed by atoms with van der Waals surface area (Å²) < 4.78 is 5.23. The van der Waals surface area contributed by atoms with Crippen LogP contribution in [0.4, 0.5) is 5.69 Å². The maximum atomic E-state index is 12.3. The number of anilines is 1. The molecule has 2 heterocycles. The molecule has 1 aromatic carbocycles. The Morgan fingerprint density at radius 1 is 1.30 bits per heavy atom. The van der Waals surface area contributed by atoms with Crippen molar-refractivity contribution in [3.05, 3.63) is 69.6 Å². The van der Waals surface area contributed by atoms with E-state index in [9.17, 15) is 9.59 Å². The van der Waals surface area contributed by atoms with Gasteiger partial charge in [-0.3, -0.25) is 9.59 Å². The minimum absolute atomic E-state index is 0.0963. The fourth-order valence-electron chi connectivity index (χ4n) is 2.96. The summed E-state index contributed by atoms with van der Waals surface area (Å²) in [6.45, 7) is 3.50. The number of aromatic amines is 1. The van der Waals surface area contributed by atoms with Crippen molar-refractivity contribution >= 4 is 11.6 Å². The monoisotopic (exact) mass is 362 g/mol. The Hall–Kier alpha value is -3.66. The number of nitrogens with zero attached hydrogens (tertiary/aromatic N) is 2. The number of hydrogen-bond donors (Lipinski definition) is 2. The molecule has 2 N–H and O–H groups in total. The van der Waals surface area contributed by atoms with Crippen molar-refractivity contribution in [2.24, 2.45) is 0 Å². The average molecular weight is 362 g/mol. The van der Waals surface area contributed by atoms with Gasteiger partial charge in [-0.25, -0.2) is 4.98 Å². The first-order valence-corrected chi connectivity index (χ1v) is 8.41. The predicted octanol–water partition coefficient (Wildman–Crippen LogP) is 3.09. The third kappa shape index (κ3) is 3.96. The van der Waals surface area contributed by atoms with E-state index < -0.39 is 5.56 Å². The van der Waals surface area contributed by atoms with Crippen molar-refractivity contribution in [3.8, 4) is 17.4 Å². The summed E-state index contributed by atoms with van der Waals surface area (Å²) >= 11 is 0. The molecule has 0 spiro atoms. The molecule has 136 valence electrons. The highest BCUT2D eigenvalue weighted by molar-refractivity contribution is 5.91. The molecule has 1 amide bonds. The number of benzene rings is 1. The Bertz CT molecular complexity index is 1060. The largest absolute Gasteiger partial charge is 0.444 e. The summed E-state index contributed by atoms with van der Waals surface area (Å²) in [7, 11) is 0. The first-order valence-electron chi connectivity index (χ1n) is 8.41. The summed E-state index contributed by atoms with van der Waals surface area (Å²) in [4.78, 5) is 30.6. The Morgan fingerprint density at radius 3 is 2.67 bits per heavy atom. The molecule has 0 saturated carbocycles. The fraction of sp³-hybridized carbons (Fsp3) is 0.200. The zero-order valence-electron chi connectivity index (χ0n) is 15.0. The van der Waals surface area contributed by atoms with E-state index in [0.717, 1.165) is 11.1 Å². The third-order valence-corrected chi connectivity index (χ3v) is 4.41. The SMILES string of the molecule is Cc1[nH]c(=O)c(C#N)c(C)c1CCC(=O)Nc1ccc(-c2cnco2)cc1. The lowest BCUT2D eigenvalue weighted by molar-refractivity contribution is -0.116. The molecular formula is C20H18N4O3. The van der Waals surface area contributed by atoms with Gasteiger partial charge in [-0.15, -0.1) is 0 Å². The predicted molar refractivity (Wildman–Crippen MR) is 100 cm³/mol. The zero-order chi connectivity index (χ0) is 19.4. The average Bonchev–Trinajstić information content (AvgIpc) is 3.17. The number of amides is 1. The Kier molecular flexibility index (Phi) is 5.18. The summed E-state index contributed by atoms with van der Waals surface area (Å²) in [6, 6.07) is 9.18. The molecule has 0 saturated heterocycles. The van der Waals surface area contributed by atoms with Gasteiger partial charge in [0.1, 0.15) is 11.6 Å². The summed E-state index contributed by atoms with van der Waals surface area (Å²) in [5, 5.41) is 12.0. The topological polar surface area (TPSA) is 112 Å². The number of pyridine rings is 1. The van der Waals surface area contributed by atoms with Gasteiger partial charge < -0.3 is 14.7 Å². The number of nitrogens with one attached hydrogen (secondary N) is 2. The molecule has 0 atom stereocenters. The van der Waals surface area contributed by atoms with Crippen LogP contribution in [-0.2, 0) is 11.2 Å². The quantitative estimate of drug-likeness (QED) is 0.724. The van der Waals surface area contributed by atoms with Crippen LogP contribution in [0.2, 0.25) is 0 Å². The molecule has 27 heavy (non-hydrogen) atoms. The van der Waals surface area contributed by atoms with E-state index in [1.54, 1.807) is 32.2 Å². The minimum atomic E-state index is -0.396. The molecule has 0 aliphatic heterocycles. The standard InChI is InChI=1S/C20H18N4O3/c1-12-16(13(2)23-20(26)17(12)9-21)7-8-19(25)24-15-5-3-14(4-6-15)18-10-22-11-27-18/h3-6,10-11H,7-8H2,1-2H3,(H,23,26)(H,24,25). The number of carbonyl (C=O) groups excluding carboxylic acids is 1. The van der Waals surface area contributed by atoms with Crippen LogP contribution in [0, 0.1) is 25.2 Å². The van der Waals surface area contributed by atoms with Crippen molar-refractivity contribution in [1.29, 1.82) is 5.26 Å². The second-order valence-electron chi connectivity index (χ2n) is 6.16. The van der Waals surface area contributed by atoms with Gasteiger partial charge in [0.15, 0.2) is 12.2 Å². The molecule has 7 nitrogen and oxygen atoms in total. The van der Waals surface area contributed by atoms with Crippen molar-refractivity contribution in [1.82, 2.24) is 9.97 Å². The Balaban J connectivity index is 1.65. The molecule has 0 radical (unpaired) electrons. The number of aryl methyl sites for hydroxylation is 1. The van der Waals surface area contributed by atoms with Crippen molar-refractivity contribution in [2.45, 2.75) is 26.7 Å². The first-order chi connectivity index (χ1) is 13.0. The third-order valence-electron chi connectivity index (χ3n) is 4.41. The molecule has 0 bridgehead atoms. The maximum Gasteiger partial charge on any atom is 0.266 e. The van der Waals surface area contributed by atoms with Gasteiger partial charge in [-0.1, -0.05) is 0 Å². The lowest BCUT2D eigenvalue weighted by atomic mass is 9.99. The van der Waals surface area contributed by atoms with E-state index in [1.165, 1.54) is 6.39 Å². The first kappa shape index (κ1) is 18.1. The molecule has 0 aliphatic carbocycles. The van der Waals surface area contributed by atoms with Crippen LogP contribution in [0.15, 0.2) is 46.1 Å². The molecule has 0 aliphatic rings. The van der Waals surface area contributed by atoms with Crippen LogP contribution < -0.4 is 10.9 Å². The number of carbonyl (C=O) groups is 1. The highest BCUT2D eigenvalue weighted by Gasteiger charge is 2.13. The smallest absolute Gasteiger partial charge is 0.266 e. The van der Waals surface area contributed by atoms with Crippen LogP contribution >= 0.6 is 0 Å². The number of nitriles is 1. The van der Waals surface area contributed by atoms with Crippen LogP contribution in [-0.4, -0.2) is 15.9 Å². The second kappa shape index (κ2) is 7.70. The van der Waals surface area contributed by atoms with E-state index in [-0.39, 0.29) is 17.9 Å². The summed E-state index contributed by atoms with van der Waals surface area (Å²) in [6.07, 6.45) is 3.66. The number of rotatable bonds is 5. The van der Waals surface area contributed by atoms with Crippen molar-refractivity contribution in [3.63, 3.8) is 0 Å². The Morgan fingerprint density at radius 2 is 2.04 bits per heavy atom. The van der Waals surface area contributed by atoms with E-state index in [0.29, 0.717) is 29.1 Å². The van der Waals surface area contributed by atoms with Crippen LogP contribution in [0.1, 0.15) is 28.8 Å². The summed E-state index contributed by atoms with van der Waals surface area (Å²) in [5.74, 6) is 0.510. The highest BCUT2D eigenvalue weighted by Crippen LogP contribution is 2.21. The van der Waals surface area contributed by atoms with E-state index >= 15 is 0 Å². The highest BCUT2D eigenvalue weighted by atomic mass is 16.3. The zero-order valence-corrected chi connectivity index (χ0v) is 15.0. The van der Waals surface area contributed by atoms with Gasteiger partial charge in [-0.2, -0.15) is 5.26 Å². The molecule has 3 aromatic rings. The van der Waals surface area contributed by atoms with Crippen molar-refractivity contribution in [2.75, 3.05) is 5.32 Å². The lowest BCUT2D eigenvalue weighted by Crippen LogP contribution is -2.18. The van der Waals surface area contributed by atoms with E-state index in [1.807, 2.05) is 18.2 Å². The molecule has 7 heteroatoms. The van der Waals surface area contributed by atoms with Gasteiger partial charge in [-0.05, 0) is 55.7 Å². The molecule has 0 fully saturated rings. The number of oxazole rings is 1. The fourth-order valence-corrected chi connectivity index (χ4v) is 2.96. The van der Waals surface area contributed by atoms with Gasteiger partial charge >= 0.3 is 0 Å². The molecule has 2 aromatic heterocycles. The van der Waals surface area contributed by atoms with Gasteiger partial charge in [0.05, 0.1) is 6.20 Å². The van der Waals surface area contributed by atoms with Gasteiger partial charge in [0.2, 0.25) is 5.91 Å². The molecule has 3 rings (SSSR count). The number of aromatic nitrogens is 2. The van der Waals surface area contributed by atoms with E-state index in [2.05, 4.69) is 15.3 Å². The van der Waals surface area contributed by atoms with Gasteiger partial charge in [0.25, 0.3) is 5.56 Å². The van der Waals surface area contributed by atoms with Gasteiger partial charge in [0, 0.05) is 23.4 Å². The van der Waals surface area contributed by atoms with Crippen molar-refractivity contribution < 1.29 is 9.21 Å². The normalized spacial score (nSPS) is 10.4. The van der Waals surface area contributed by atoms with Crippen LogP contribution in [0.5, 0.6) is 0 Å². The maximum absolute atomic E-state index is 12.3. The van der Waals surface area contributed by atoms with E-state index in [4.69, 9.17) is 9.68 Å². The summed E-state index contributed by atoms with van der Waals surface area (Å²) in [5.41, 5.74) is 3.38. The number of H-pyrrole nitrogens is 1. The Labute approximate surface area is 155 Å². The molecule has 0 unspecified atom stereocenters. The van der Waals surface area contributed by atoms with Crippen LogP contribution in [0.25, 0.3) is 11.3 Å². The van der Waals surface area contributed by atoms with Crippen LogP contribution in [0.3, 0.4) is 0 Å². The molecular weight excluding hydrogens is 344 g/mol. The second-order valence-corrected chi connectivity index (χ2v) is 6.16. The number of hydrogen-bond acceptors (Lipinski definition) is 5. The minimum Gasteiger partial charge on any atom is -0.444 e. The lowest BCUT2D eigenvalue weighted by Gasteiger charge is -2.11.